The first-order valence-corrected chi connectivity index (χ1v) is 10.1. The number of amides is 3. The quantitative estimate of drug-likeness (QED) is 0.694. The molecule has 2 aliphatic heterocycles. The van der Waals surface area contributed by atoms with Gasteiger partial charge in [0.25, 0.3) is 0 Å². The van der Waals surface area contributed by atoms with E-state index in [1.807, 2.05) is 4.90 Å². The molecule has 3 aliphatic rings. The van der Waals surface area contributed by atoms with E-state index < -0.39 is 0 Å². The van der Waals surface area contributed by atoms with Gasteiger partial charge in [-0.15, -0.1) is 12.4 Å². The molecular formula is C19H35ClN4O2. The molecule has 2 saturated heterocycles. The van der Waals surface area contributed by atoms with Crippen molar-refractivity contribution in [1.29, 1.82) is 0 Å². The summed E-state index contributed by atoms with van der Waals surface area (Å²) in [6.45, 7) is 6.40. The van der Waals surface area contributed by atoms with Crippen LogP contribution in [0.1, 0.15) is 58.3 Å². The molecule has 1 aliphatic carbocycles. The molecular weight excluding hydrogens is 352 g/mol. The van der Waals surface area contributed by atoms with E-state index in [0.29, 0.717) is 12.6 Å². The standard InChI is InChI=1S/C19H34N4O2.ClH/c1-19(8-10-20-11-9-19)14-21-17(24)15-5-4-12-23(13-15)18(25)22-16-6-2-3-7-16;/h15-16,20H,2-14H2,1H3,(H,21,24)(H,22,25);1H. The Labute approximate surface area is 163 Å². The molecule has 0 aromatic heterocycles. The highest BCUT2D eigenvalue weighted by Crippen LogP contribution is 2.27. The minimum atomic E-state index is -0.0617. The summed E-state index contributed by atoms with van der Waals surface area (Å²) in [5, 5.41) is 9.69. The second kappa shape index (κ2) is 9.79. The lowest BCUT2D eigenvalue weighted by molar-refractivity contribution is -0.126. The fraction of sp³-hybridized carbons (Fsp3) is 0.895. The van der Waals surface area contributed by atoms with E-state index in [2.05, 4.69) is 22.9 Å². The maximum absolute atomic E-state index is 12.6. The first kappa shape index (κ1) is 21.3. The molecule has 2 heterocycles. The fourth-order valence-electron chi connectivity index (χ4n) is 4.36. The molecule has 1 unspecified atom stereocenters. The Morgan fingerprint density at radius 2 is 1.81 bits per heavy atom. The van der Waals surface area contributed by atoms with E-state index in [-0.39, 0.29) is 35.7 Å². The highest BCUT2D eigenvalue weighted by atomic mass is 35.5. The second-order valence-corrected chi connectivity index (χ2v) is 8.49. The third-order valence-electron chi connectivity index (χ3n) is 6.26. The number of nitrogens with zero attached hydrogens (tertiary/aromatic N) is 1. The van der Waals surface area contributed by atoms with E-state index in [9.17, 15) is 9.59 Å². The molecule has 1 saturated carbocycles. The van der Waals surface area contributed by atoms with E-state index in [1.54, 1.807) is 0 Å². The largest absolute Gasteiger partial charge is 0.355 e. The zero-order valence-corrected chi connectivity index (χ0v) is 16.8. The van der Waals surface area contributed by atoms with Gasteiger partial charge in [0.05, 0.1) is 5.92 Å². The van der Waals surface area contributed by atoms with E-state index in [1.165, 1.54) is 12.8 Å². The van der Waals surface area contributed by atoms with Gasteiger partial charge in [-0.2, -0.15) is 0 Å². The van der Waals surface area contributed by atoms with Gasteiger partial charge in [-0.1, -0.05) is 19.8 Å². The van der Waals surface area contributed by atoms with Crippen molar-refractivity contribution in [3.05, 3.63) is 0 Å². The van der Waals surface area contributed by atoms with E-state index in [4.69, 9.17) is 0 Å². The van der Waals surface area contributed by atoms with Gasteiger partial charge >= 0.3 is 6.03 Å². The second-order valence-electron chi connectivity index (χ2n) is 8.49. The maximum atomic E-state index is 12.6. The van der Waals surface area contributed by atoms with Crippen molar-refractivity contribution in [3.8, 4) is 0 Å². The zero-order valence-electron chi connectivity index (χ0n) is 16.0. The average Bonchev–Trinajstić information content (AvgIpc) is 3.13. The Hall–Kier alpha value is -1.01. The molecule has 3 rings (SSSR count). The van der Waals surface area contributed by atoms with Crippen LogP contribution in [0.2, 0.25) is 0 Å². The van der Waals surface area contributed by atoms with Crippen molar-refractivity contribution in [3.63, 3.8) is 0 Å². The summed E-state index contributed by atoms with van der Waals surface area (Å²) in [6, 6.07) is 0.358. The Morgan fingerprint density at radius 3 is 2.50 bits per heavy atom. The first-order valence-electron chi connectivity index (χ1n) is 10.1. The van der Waals surface area contributed by atoms with Gasteiger partial charge in [-0.25, -0.2) is 4.79 Å². The van der Waals surface area contributed by atoms with E-state index >= 15 is 0 Å². The van der Waals surface area contributed by atoms with Gasteiger partial charge in [0.2, 0.25) is 5.91 Å². The predicted molar refractivity (Wildman–Crippen MR) is 106 cm³/mol. The number of rotatable bonds is 4. The van der Waals surface area contributed by atoms with Gasteiger partial charge in [0.1, 0.15) is 0 Å². The summed E-state index contributed by atoms with van der Waals surface area (Å²) < 4.78 is 0. The Kier molecular flexibility index (Phi) is 8.02. The topological polar surface area (TPSA) is 73.5 Å². The highest BCUT2D eigenvalue weighted by Gasteiger charge is 2.32. The van der Waals surface area contributed by atoms with Crippen LogP contribution in [0, 0.1) is 11.3 Å². The molecule has 3 fully saturated rings. The van der Waals surface area contributed by atoms with Crippen LogP contribution in [0.25, 0.3) is 0 Å². The average molecular weight is 387 g/mol. The SMILES string of the molecule is CC1(CNC(=O)C2CCCN(C(=O)NC3CCCC3)C2)CCNCC1.Cl. The van der Waals surface area contributed by atoms with Crippen molar-refractivity contribution in [2.75, 3.05) is 32.7 Å². The summed E-state index contributed by atoms with van der Waals surface area (Å²) >= 11 is 0. The number of urea groups is 1. The molecule has 3 N–H and O–H groups in total. The third kappa shape index (κ3) is 5.74. The third-order valence-corrected chi connectivity index (χ3v) is 6.26. The molecule has 1 atom stereocenters. The van der Waals surface area contributed by atoms with Crippen LogP contribution in [0.15, 0.2) is 0 Å². The fourth-order valence-corrected chi connectivity index (χ4v) is 4.36. The summed E-state index contributed by atoms with van der Waals surface area (Å²) in [5.41, 5.74) is 0.203. The maximum Gasteiger partial charge on any atom is 0.317 e. The number of halogens is 1. The lowest BCUT2D eigenvalue weighted by atomic mass is 9.81. The van der Waals surface area contributed by atoms with Crippen molar-refractivity contribution in [1.82, 2.24) is 20.9 Å². The number of likely N-dealkylation sites (tertiary alicyclic amines) is 1. The molecule has 150 valence electrons. The first-order chi connectivity index (χ1) is 12.1. The van der Waals surface area contributed by atoms with Gasteiger partial charge in [-0.3, -0.25) is 4.79 Å². The van der Waals surface area contributed by atoms with Gasteiger partial charge in [-0.05, 0) is 57.0 Å². The molecule has 0 aromatic carbocycles. The lowest BCUT2D eigenvalue weighted by Gasteiger charge is -2.36. The zero-order chi connectivity index (χ0) is 17.7. The van der Waals surface area contributed by atoms with Crippen molar-refractivity contribution >= 4 is 24.3 Å². The molecule has 6 nitrogen and oxygen atoms in total. The van der Waals surface area contributed by atoms with E-state index in [0.717, 1.165) is 64.7 Å². The molecule has 0 spiro atoms. The number of carbonyl (C=O) groups excluding carboxylic acids is 2. The van der Waals surface area contributed by atoms with Crippen molar-refractivity contribution in [2.24, 2.45) is 11.3 Å². The molecule has 0 aromatic rings. The minimum Gasteiger partial charge on any atom is -0.355 e. The van der Waals surface area contributed by atoms with Crippen LogP contribution >= 0.6 is 12.4 Å². The summed E-state index contributed by atoms with van der Waals surface area (Å²) in [7, 11) is 0. The van der Waals surface area contributed by atoms with Gasteiger partial charge in [0.15, 0.2) is 0 Å². The van der Waals surface area contributed by atoms with Crippen LogP contribution in [0.3, 0.4) is 0 Å². The van der Waals surface area contributed by atoms with Crippen LogP contribution < -0.4 is 16.0 Å². The van der Waals surface area contributed by atoms with Crippen LogP contribution in [-0.2, 0) is 4.79 Å². The number of piperidine rings is 2. The van der Waals surface area contributed by atoms with Gasteiger partial charge < -0.3 is 20.9 Å². The monoisotopic (exact) mass is 386 g/mol. The molecule has 7 heteroatoms. The minimum absolute atomic E-state index is 0. The molecule has 3 amide bonds. The summed E-state index contributed by atoms with van der Waals surface area (Å²) in [6.07, 6.45) is 8.62. The number of carbonyl (C=O) groups is 2. The Bertz CT molecular complexity index is 476. The van der Waals surface area contributed by atoms with Gasteiger partial charge in [0, 0.05) is 25.7 Å². The predicted octanol–water partition coefficient (Wildman–Crippen LogP) is 2.28. The normalized spacial score (nSPS) is 26.0. The van der Waals surface area contributed by atoms with Crippen molar-refractivity contribution in [2.45, 2.75) is 64.3 Å². The lowest BCUT2D eigenvalue weighted by Crippen LogP contribution is -2.51. The number of hydrogen-bond acceptors (Lipinski definition) is 3. The number of hydrogen-bond donors (Lipinski definition) is 3. The van der Waals surface area contributed by atoms with Crippen LogP contribution in [0.4, 0.5) is 4.79 Å². The summed E-state index contributed by atoms with van der Waals surface area (Å²) in [5.74, 6) is 0.0616. The number of nitrogens with one attached hydrogen (secondary N) is 3. The molecule has 0 radical (unpaired) electrons. The van der Waals surface area contributed by atoms with Crippen LogP contribution in [0.5, 0.6) is 0 Å². The highest BCUT2D eigenvalue weighted by molar-refractivity contribution is 5.85. The van der Waals surface area contributed by atoms with Crippen molar-refractivity contribution < 1.29 is 9.59 Å². The molecule has 26 heavy (non-hydrogen) atoms. The Balaban J connectivity index is 0.00000243. The summed E-state index contributed by atoms with van der Waals surface area (Å²) in [4.78, 5) is 26.9. The molecule has 0 bridgehead atoms. The Morgan fingerprint density at radius 1 is 1.12 bits per heavy atom. The van der Waals surface area contributed by atoms with Crippen LogP contribution in [-0.4, -0.2) is 55.6 Å². The smallest absolute Gasteiger partial charge is 0.317 e.